The van der Waals surface area contributed by atoms with E-state index in [-0.39, 0.29) is 30.7 Å². The maximum Gasteiger partial charge on any atom is 0.320 e. The third kappa shape index (κ3) is 3.99. The number of nitrogens with zero attached hydrogens (tertiary/aromatic N) is 1. The van der Waals surface area contributed by atoms with Gasteiger partial charge in [0.15, 0.2) is 0 Å². The van der Waals surface area contributed by atoms with Gasteiger partial charge in [0, 0.05) is 48.8 Å². The Morgan fingerprint density at radius 1 is 1.29 bits per heavy atom. The summed E-state index contributed by atoms with van der Waals surface area (Å²) < 4.78 is 19.4. The lowest BCUT2D eigenvalue weighted by molar-refractivity contribution is -0.252. The lowest BCUT2D eigenvalue weighted by Gasteiger charge is -2.64. The van der Waals surface area contributed by atoms with Gasteiger partial charge in [-0.05, 0) is 43.9 Å². The van der Waals surface area contributed by atoms with Gasteiger partial charge in [0.2, 0.25) is 0 Å². The summed E-state index contributed by atoms with van der Waals surface area (Å²) in [6.45, 7) is 12.9. The van der Waals surface area contributed by atoms with E-state index in [9.17, 15) is 24.2 Å². The molecule has 3 aliphatic carbocycles. The maximum absolute atomic E-state index is 13.5. The SMILES string of the molecule is C=CC1(C)CC(O)C2(C)C3C(=O)CCC3(CCC2(C)OC(=O)CN2CCNC(CF)C2)C(C)C1O. The van der Waals surface area contributed by atoms with Crippen molar-refractivity contribution in [2.75, 3.05) is 32.9 Å². The normalized spacial score (nSPS) is 48.5. The van der Waals surface area contributed by atoms with E-state index in [0.29, 0.717) is 45.3 Å². The van der Waals surface area contributed by atoms with E-state index < -0.39 is 52.6 Å². The molecular weight excluding hydrogens is 451 g/mol. The van der Waals surface area contributed by atoms with Gasteiger partial charge < -0.3 is 20.3 Å². The Kier molecular flexibility index (Phi) is 7.01. The van der Waals surface area contributed by atoms with Gasteiger partial charge in [-0.1, -0.05) is 26.8 Å². The van der Waals surface area contributed by atoms with Crippen LogP contribution in [0.25, 0.3) is 0 Å². The second kappa shape index (κ2) is 9.19. The van der Waals surface area contributed by atoms with Gasteiger partial charge in [-0.15, -0.1) is 6.58 Å². The number of rotatable bonds is 5. The van der Waals surface area contributed by atoms with E-state index in [1.54, 1.807) is 6.08 Å². The van der Waals surface area contributed by atoms with Crippen molar-refractivity contribution in [2.45, 2.75) is 83.6 Å². The number of aliphatic hydroxyl groups is 2. The predicted molar refractivity (Wildman–Crippen MR) is 130 cm³/mol. The van der Waals surface area contributed by atoms with Crippen molar-refractivity contribution in [2.24, 2.45) is 28.1 Å². The molecule has 0 aromatic carbocycles. The fraction of sp³-hybridized carbons (Fsp3) is 0.852. The highest BCUT2D eigenvalue weighted by Gasteiger charge is 2.72. The summed E-state index contributed by atoms with van der Waals surface area (Å²) in [7, 11) is 0. The highest BCUT2D eigenvalue weighted by molar-refractivity contribution is 5.86. The molecule has 1 heterocycles. The maximum atomic E-state index is 13.5. The molecule has 198 valence electrons. The van der Waals surface area contributed by atoms with E-state index in [2.05, 4.69) is 11.9 Å². The molecular formula is C27H43FN2O5. The van der Waals surface area contributed by atoms with E-state index in [4.69, 9.17) is 4.74 Å². The summed E-state index contributed by atoms with van der Waals surface area (Å²) >= 11 is 0. The number of aliphatic hydroxyl groups excluding tert-OH is 2. The number of carbonyl (C=O) groups excluding carboxylic acids is 2. The standard InChI is InChI=1S/C27H43FN2O5/c1-6-24(3)13-20(32)26(5)22-19(31)7-8-27(22,17(2)23(24)34)10-9-25(26,4)35-21(33)16-30-12-11-29-18(14-28)15-30/h6,17-18,20,22-23,29,32,34H,1,7-16H2,2-5H3. The van der Waals surface area contributed by atoms with Crippen LogP contribution in [-0.4, -0.2) is 83.6 Å². The van der Waals surface area contributed by atoms with Crippen LogP contribution in [0, 0.1) is 28.1 Å². The van der Waals surface area contributed by atoms with E-state index >= 15 is 0 Å². The number of hydrogen-bond donors (Lipinski definition) is 3. The highest BCUT2D eigenvalue weighted by atomic mass is 19.1. The number of alkyl halides is 1. The molecule has 0 aromatic rings. The monoisotopic (exact) mass is 494 g/mol. The summed E-state index contributed by atoms with van der Waals surface area (Å²) in [4.78, 5) is 28.6. The third-order valence-corrected chi connectivity index (χ3v) is 10.6. The summed E-state index contributed by atoms with van der Waals surface area (Å²) in [5.41, 5.74) is -3.28. The summed E-state index contributed by atoms with van der Waals surface area (Å²) in [5.74, 6) is -1.01. The van der Waals surface area contributed by atoms with Crippen LogP contribution >= 0.6 is 0 Å². The van der Waals surface area contributed by atoms with Crippen molar-refractivity contribution in [3.63, 3.8) is 0 Å². The molecule has 8 heteroatoms. The van der Waals surface area contributed by atoms with Crippen molar-refractivity contribution in [1.29, 1.82) is 0 Å². The minimum atomic E-state index is -1.06. The highest BCUT2D eigenvalue weighted by Crippen LogP contribution is 2.69. The number of nitrogens with one attached hydrogen (secondary N) is 1. The first-order chi connectivity index (χ1) is 16.4. The Morgan fingerprint density at radius 2 is 2.00 bits per heavy atom. The van der Waals surface area contributed by atoms with Crippen molar-refractivity contribution in [3.8, 4) is 0 Å². The van der Waals surface area contributed by atoms with Crippen molar-refractivity contribution in [1.82, 2.24) is 10.2 Å². The molecule has 4 rings (SSSR count). The van der Waals surface area contributed by atoms with Crippen LogP contribution in [0.2, 0.25) is 0 Å². The van der Waals surface area contributed by atoms with Gasteiger partial charge >= 0.3 is 5.97 Å². The lowest BCUT2D eigenvalue weighted by atomic mass is 9.42. The van der Waals surface area contributed by atoms with Crippen molar-refractivity contribution >= 4 is 11.8 Å². The average Bonchev–Trinajstić information content (AvgIpc) is 3.18. The van der Waals surface area contributed by atoms with Gasteiger partial charge in [0.1, 0.15) is 18.1 Å². The summed E-state index contributed by atoms with van der Waals surface area (Å²) in [6, 6.07) is -0.298. The molecule has 1 saturated heterocycles. The predicted octanol–water partition coefficient (Wildman–Crippen LogP) is 2.25. The van der Waals surface area contributed by atoms with Crippen LogP contribution in [-0.2, 0) is 14.3 Å². The van der Waals surface area contributed by atoms with Gasteiger partial charge in [-0.2, -0.15) is 0 Å². The first kappa shape index (κ1) is 26.7. The Hall–Kier alpha value is -1.35. The molecule has 3 N–H and O–H groups in total. The van der Waals surface area contributed by atoms with Gasteiger partial charge in [-0.25, -0.2) is 4.39 Å². The van der Waals surface area contributed by atoms with Gasteiger partial charge in [0.25, 0.3) is 0 Å². The lowest BCUT2D eigenvalue weighted by Crippen LogP contribution is -2.69. The van der Waals surface area contributed by atoms with Crippen LogP contribution in [0.5, 0.6) is 0 Å². The molecule has 9 unspecified atom stereocenters. The minimum absolute atomic E-state index is 0.0448. The Morgan fingerprint density at radius 3 is 2.66 bits per heavy atom. The first-order valence-corrected chi connectivity index (χ1v) is 13.1. The molecule has 4 fully saturated rings. The number of ketones is 1. The number of piperazine rings is 1. The van der Waals surface area contributed by atoms with E-state index in [1.165, 1.54) is 0 Å². The number of carbonyl (C=O) groups is 2. The fourth-order valence-corrected chi connectivity index (χ4v) is 8.08. The van der Waals surface area contributed by atoms with E-state index in [0.717, 1.165) is 0 Å². The molecule has 9 atom stereocenters. The molecule has 7 nitrogen and oxygen atoms in total. The topological polar surface area (TPSA) is 99.1 Å². The van der Waals surface area contributed by atoms with Gasteiger partial charge in [-0.3, -0.25) is 14.5 Å². The van der Waals surface area contributed by atoms with E-state index in [1.807, 2.05) is 32.6 Å². The molecule has 4 aliphatic rings. The number of Topliss-reactive ketones (excluding diaryl/α,β-unsaturated/α-hetero) is 1. The zero-order valence-electron chi connectivity index (χ0n) is 21.7. The number of halogens is 1. The summed E-state index contributed by atoms with van der Waals surface area (Å²) in [6.07, 6.45) is 2.44. The molecule has 0 spiro atoms. The second-order valence-corrected chi connectivity index (χ2v) is 12.3. The average molecular weight is 495 g/mol. The zero-order chi connectivity index (χ0) is 25.8. The number of hydrogen-bond acceptors (Lipinski definition) is 7. The molecule has 35 heavy (non-hydrogen) atoms. The second-order valence-electron chi connectivity index (χ2n) is 12.3. The zero-order valence-corrected chi connectivity index (χ0v) is 21.7. The van der Waals surface area contributed by atoms with Crippen LogP contribution in [0.4, 0.5) is 4.39 Å². The Balaban J connectivity index is 1.68. The quantitative estimate of drug-likeness (QED) is 0.398. The Labute approximate surface area is 208 Å². The molecule has 1 aliphatic heterocycles. The largest absolute Gasteiger partial charge is 0.458 e. The summed E-state index contributed by atoms with van der Waals surface area (Å²) in [5, 5.41) is 26.3. The van der Waals surface area contributed by atoms with Crippen LogP contribution in [0.1, 0.15) is 59.8 Å². The van der Waals surface area contributed by atoms with Gasteiger partial charge in [0.05, 0.1) is 18.8 Å². The minimum Gasteiger partial charge on any atom is -0.458 e. The third-order valence-electron chi connectivity index (χ3n) is 10.6. The molecule has 0 amide bonds. The number of esters is 1. The van der Waals surface area contributed by atoms with Crippen LogP contribution < -0.4 is 5.32 Å². The number of ether oxygens (including phenoxy) is 1. The molecule has 3 saturated carbocycles. The first-order valence-electron chi connectivity index (χ1n) is 13.1. The van der Waals surface area contributed by atoms with Crippen LogP contribution in [0.3, 0.4) is 0 Å². The Bertz CT molecular complexity index is 871. The molecule has 0 aromatic heterocycles. The smallest absolute Gasteiger partial charge is 0.320 e. The molecule has 0 radical (unpaired) electrons. The van der Waals surface area contributed by atoms with Crippen molar-refractivity contribution < 1.29 is 28.9 Å². The van der Waals surface area contributed by atoms with Crippen molar-refractivity contribution in [3.05, 3.63) is 12.7 Å². The van der Waals surface area contributed by atoms with Crippen LogP contribution in [0.15, 0.2) is 12.7 Å². The fourth-order valence-electron chi connectivity index (χ4n) is 8.08. The molecule has 2 bridgehead atoms.